The van der Waals surface area contributed by atoms with Crippen molar-refractivity contribution in [2.75, 3.05) is 7.11 Å². The molecule has 0 saturated heterocycles. The average molecular weight is 455 g/mol. The number of fused-ring (bicyclic) bond motifs is 1. The van der Waals surface area contributed by atoms with E-state index in [1.165, 1.54) is 7.11 Å². The Morgan fingerprint density at radius 3 is 2.35 bits per heavy atom. The lowest BCUT2D eigenvalue weighted by Crippen LogP contribution is -2.31. The summed E-state index contributed by atoms with van der Waals surface area (Å²) < 4.78 is 11.0. The van der Waals surface area contributed by atoms with Gasteiger partial charge in [0, 0.05) is 10.9 Å². The van der Waals surface area contributed by atoms with Crippen LogP contribution in [0, 0.1) is 0 Å². The van der Waals surface area contributed by atoms with Crippen molar-refractivity contribution in [3.8, 4) is 5.75 Å². The Balaban J connectivity index is 1.62. The molecule has 0 saturated carbocycles. The number of hydrogen-bond acceptors (Lipinski definition) is 6. The van der Waals surface area contributed by atoms with Gasteiger partial charge in [-0.3, -0.25) is 4.79 Å². The van der Waals surface area contributed by atoms with Crippen molar-refractivity contribution < 1.29 is 19.1 Å². The number of carbonyl (C=O) groups excluding carboxylic acids is 2. The van der Waals surface area contributed by atoms with Crippen LogP contribution in [0.3, 0.4) is 0 Å². The van der Waals surface area contributed by atoms with E-state index in [2.05, 4.69) is 4.98 Å². The van der Waals surface area contributed by atoms with E-state index in [1.54, 1.807) is 18.2 Å². The fourth-order valence-corrected chi connectivity index (χ4v) is 3.82. The predicted octanol–water partition coefficient (Wildman–Crippen LogP) is 4.74. The van der Waals surface area contributed by atoms with Gasteiger partial charge in [-0.05, 0) is 36.1 Å². The lowest BCUT2D eigenvalue weighted by atomic mass is 9.96. The third kappa shape index (κ3) is 5.30. The Morgan fingerprint density at radius 2 is 1.65 bits per heavy atom. The molecule has 2 N–H and O–H groups in total. The van der Waals surface area contributed by atoms with E-state index in [0.29, 0.717) is 36.3 Å². The summed E-state index contributed by atoms with van der Waals surface area (Å²) in [5.41, 5.74) is 9.44. The monoisotopic (exact) mass is 454 g/mol. The summed E-state index contributed by atoms with van der Waals surface area (Å²) in [5, 5.41) is 0.845. The number of ether oxygens (including phenoxy) is 2. The minimum absolute atomic E-state index is 0.112. The quantitative estimate of drug-likeness (QED) is 0.290. The first kappa shape index (κ1) is 23.1. The summed E-state index contributed by atoms with van der Waals surface area (Å²) in [5.74, 6) is -0.0808. The molecule has 0 spiro atoms. The molecular weight excluding hydrogens is 428 g/mol. The Morgan fingerprint density at radius 1 is 0.941 bits per heavy atom. The highest BCUT2D eigenvalue weighted by atomic mass is 16.5. The highest BCUT2D eigenvalue weighted by molar-refractivity contribution is 6.00. The lowest BCUT2D eigenvalue weighted by molar-refractivity contribution is 0.0594. The maximum absolute atomic E-state index is 12.7. The van der Waals surface area contributed by atoms with E-state index in [9.17, 15) is 9.59 Å². The maximum atomic E-state index is 12.7. The van der Waals surface area contributed by atoms with Crippen LogP contribution < -0.4 is 10.5 Å². The number of nitrogens with two attached hydrogens (primary N) is 1. The summed E-state index contributed by atoms with van der Waals surface area (Å²) in [6.07, 6.45) is 0.910. The number of hydrogen-bond donors (Lipinski definition) is 1. The van der Waals surface area contributed by atoms with Gasteiger partial charge in [0.25, 0.3) is 0 Å². The molecule has 0 aliphatic carbocycles. The van der Waals surface area contributed by atoms with Gasteiger partial charge in [-0.1, -0.05) is 72.8 Å². The number of methoxy groups -OCH3 is 1. The Labute approximate surface area is 198 Å². The van der Waals surface area contributed by atoms with Crippen molar-refractivity contribution in [1.82, 2.24) is 4.98 Å². The second kappa shape index (κ2) is 10.7. The zero-order chi connectivity index (χ0) is 23.9. The second-order valence-corrected chi connectivity index (χ2v) is 7.96. The smallest absolute Gasteiger partial charge is 0.356 e. The number of carbonyl (C=O) groups is 2. The predicted molar refractivity (Wildman–Crippen MR) is 131 cm³/mol. The molecule has 4 rings (SSSR count). The second-order valence-electron chi connectivity index (χ2n) is 7.96. The van der Waals surface area contributed by atoms with Gasteiger partial charge in [0.1, 0.15) is 23.6 Å². The fraction of sp³-hybridized carbons (Fsp3) is 0.179. The van der Waals surface area contributed by atoms with E-state index in [4.69, 9.17) is 15.2 Å². The van der Waals surface area contributed by atoms with Gasteiger partial charge in [0.2, 0.25) is 0 Å². The number of para-hydroxylation sites is 1. The third-order valence-corrected chi connectivity index (χ3v) is 5.64. The zero-order valence-corrected chi connectivity index (χ0v) is 18.9. The molecule has 0 bridgehead atoms. The first-order valence-corrected chi connectivity index (χ1v) is 11.1. The first-order valence-electron chi connectivity index (χ1n) is 11.1. The summed E-state index contributed by atoms with van der Waals surface area (Å²) in [7, 11) is 1.32. The van der Waals surface area contributed by atoms with Crippen molar-refractivity contribution in [3.63, 3.8) is 0 Å². The standard InChI is InChI=1S/C28H26N2O4/c1-33-28(32)24-17-21(15-16-23(29)27(31)20-11-6-3-7-12-20)22-13-8-14-25(26(22)30-24)34-18-19-9-4-2-5-10-19/h2-14,17,23H,15-16,18,29H2,1H3. The minimum Gasteiger partial charge on any atom is -0.487 e. The molecule has 172 valence electrons. The van der Waals surface area contributed by atoms with Crippen LogP contribution in [-0.2, 0) is 17.8 Å². The minimum atomic E-state index is -0.662. The number of esters is 1. The van der Waals surface area contributed by atoms with E-state index < -0.39 is 12.0 Å². The number of Topliss-reactive ketones (excluding diaryl/α,β-unsaturated/α-hetero) is 1. The van der Waals surface area contributed by atoms with Crippen LogP contribution in [0.2, 0.25) is 0 Å². The van der Waals surface area contributed by atoms with E-state index in [1.807, 2.05) is 66.7 Å². The molecule has 6 heteroatoms. The molecule has 6 nitrogen and oxygen atoms in total. The highest BCUT2D eigenvalue weighted by Crippen LogP contribution is 2.29. The van der Waals surface area contributed by atoms with Crippen LogP contribution in [0.1, 0.15) is 38.4 Å². The molecule has 1 unspecified atom stereocenters. The van der Waals surface area contributed by atoms with Gasteiger partial charge < -0.3 is 15.2 Å². The van der Waals surface area contributed by atoms with Crippen LogP contribution >= 0.6 is 0 Å². The van der Waals surface area contributed by atoms with Crippen molar-refractivity contribution in [2.24, 2.45) is 5.73 Å². The van der Waals surface area contributed by atoms with Gasteiger partial charge in [0.15, 0.2) is 5.78 Å². The number of aryl methyl sites for hydroxylation is 1. The maximum Gasteiger partial charge on any atom is 0.356 e. The van der Waals surface area contributed by atoms with Gasteiger partial charge in [0.05, 0.1) is 13.2 Å². The van der Waals surface area contributed by atoms with Crippen molar-refractivity contribution >= 4 is 22.7 Å². The lowest BCUT2D eigenvalue weighted by Gasteiger charge is -2.15. The van der Waals surface area contributed by atoms with Gasteiger partial charge in [-0.25, -0.2) is 9.78 Å². The molecule has 4 aromatic rings. The largest absolute Gasteiger partial charge is 0.487 e. The number of benzene rings is 3. The molecule has 0 aliphatic heterocycles. The third-order valence-electron chi connectivity index (χ3n) is 5.64. The van der Waals surface area contributed by atoms with Gasteiger partial charge >= 0.3 is 5.97 Å². The number of rotatable bonds is 9. The van der Waals surface area contributed by atoms with Crippen LogP contribution in [0.15, 0.2) is 84.9 Å². The topological polar surface area (TPSA) is 91.5 Å². The SMILES string of the molecule is COC(=O)c1cc(CCC(N)C(=O)c2ccccc2)c2cccc(OCc3ccccc3)c2n1. The van der Waals surface area contributed by atoms with Crippen molar-refractivity contribution in [1.29, 1.82) is 0 Å². The van der Waals surface area contributed by atoms with Crippen LogP contribution in [-0.4, -0.2) is 29.9 Å². The summed E-state index contributed by atoms with van der Waals surface area (Å²) in [6.45, 7) is 0.371. The fourth-order valence-electron chi connectivity index (χ4n) is 3.82. The molecule has 34 heavy (non-hydrogen) atoms. The molecule has 0 fully saturated rings. The molecule has 3 aromatic carbocycles. The molecule has 0 amide bonds. The van der Waals surface area contributed by atoms with E-state index in [-0.39, 0.29) is 11.5 Å². The molecular formula is C28H26N2O4. The van der Waals surface area contributed by atoms with Crippen LogP contribution in [0.25, 0.3) is 10.9 Å². The molecule has 1 heterocycles. The number of aromatic nitrogens is 1. The molecule has 1 aromatic heterocycles. The zero-order valence-electron chi connectivity index (χ0n) is 18.9. The van der Waals surface area contributed by atoms with E-state index >= 15 is 0 Å². The van der Waals surface area contributed by atoms with Gasteiger partial charge in [-0.15, -0.1) is 0 Å². The number of nitrogens with zero attached hydrogens (tertiary/aromatic N) is 1. The molecule has 1 atom stereocenters. The summed E-state index contributed by atoms with van der Waals surface area (Å²) >= 11 is 0. The number of ketones is 1. The van der Waals surface area contributed by atoms with Crippen LogP contribution in [0.5, 0.6) is 5.75 Å². The normalized spacial score (nSPS) is 11.7. The Bertz CT molecular complexity index is 1290. The van der Waals surface area contributed by atoms with Crippen LogP contribution in [0.4, 0.5) is 0 Å². The van der Waals surface area contributed by atoms with Gasteiger partial charge in [-0.2, -0.15) is 0 Å². The molecule has 0 aliphatic rings. The van der Waals surface area contributed by atoms with E-state index in [0.717, 1.165) is 16.5 Å². The number of pyridine rings is 1. The highest BCUT2D eigenvalue weighted by Gasteiger charge is 2.19. The Hall–Kier alpha value is -4.03. The molecule has 0 radical (unpaired) electrons. The average Bonchev–Trinajstić information content (AvgIpc) is 2.90. The Kier molecular flexibility index (Phi) is 7.30. The first-order chi connectivity index (χ1) is 16.6. The van der Waals surface area contributed by atoms with Crippen molar-refractivity contribution in [2.45, 2.75) is 25.5 Å². The summed E-state index contributed by atoms with van der Waals surface area (Å²) in [4.78, 5) is 29.6. The van der Waals surface area contributed by atoms with Crippen molar-refractivity contribution in [3.05, 3.63) is 107 Å². The summed E-state index contributed by atoms with van der Waals surface area (Å²) in [6, 6.07) is 25.5.